The Balaban J connectivity index is 3.67. The maximum atomic E-state index is 10.7. The van der Waals surface area contributed by atoms with E-state index in [0.717, 1.165) is 0 Å². The van der Waals surface area contributed by atoms with Crippen molar-refractivity contribution >= 4 is 17.5 Å². The van der Waals surface area contributed by atoms with E-state index in [-0.39, 0.29) is 17.8 Å². The number of aliphatic hydroxyl groups is 1. The van der Waals surface area contributed by atoms with E-state index in [1.54, 1.807) is 6.92 Å². The Kier molecular flexibility index (Phi) is 5.24. The summed E-state index contributed by atoms with van der Waals surface area (Å²) in [5.41, 5.74) is 0. The Morgan fingerprint density at radius 2 is 2.27 bits per heavy atom. The first-order valence-corrected chi connectivity index (χ1v) is 4.18. The van der Waals surface area contributed by atoms with Gasteiger partial charge in [-0.15, -0.1) is 11.6 Å². The Hall–Kier alpha value is -0.280. The van der Waals surface area contributed by atoms with Gasteiger partial charge < -0.3 is 10.4 Å². The highest BCUT2D eigenvalue weighted by molar-refractivity contribution is 6.27. The Labute approximate surface area is 71.7 Å². The van der Waals surface area contributed by atoms with E-state index in [9.17, 15) is 9.90 Å². The van der Waals surface area contributed by atoms with Gasteiger partial charge in [0.25, 0.3) is 0 Å². The molecule has 4 heteroatoms. The van der Waals surface area contributed by atoms with Gasteiger partial charge in [0.05, 0.1) is 12.1 Å². The fourth-order valence-corrected chi connectivity index (χ4v) is 0.819. The summed E-state index contributed by atoms with van der Waals surface area (Å²) < 4.78 is 0. The summed E-state index contributed by atoms with van der Waals surface area (Å²) in [6, 6.07) is -0.216. The SMILES string of the molecule is CCC(O)C(C)NC(=O)CCl. The van der Waals surface area contributed by atoms with Crippen LogP contribution in [0, 0.1) is 0 Å². The highest BCUT2D eigenvalue weighted by Crippen LogP contribution is 1.96. The molecule has 0 aliphatic rings. The third kappa shape index (κ3) is 4.22. The van der Waals surface area contributed by atoms with Crippen LogP contribution < -0.4 is 5.32 Å². The third-order valence-corrected chi connectivity index (χ3v) is 1.75. The average molecular weight is 180 g/mol. The van der Waals surface area contributed by atoms with Crippen LogP contribution >= 0.6 is 11.6 Å². The van der Waals surface area contributed by atoms with E-state index in [1.807, 2.05) is 6.92 Å². The molecule has 0 aromatic heterocycles. The van der Waals surface area contributed by atoms with Gasteiger partial charge in [-0.2, -0.15) is 0 Å². The molecule has 0 heterocycles. The second-order valence-corrected chi connectivity index (χ2v) is 2.73. The minimum atomic E-state index is -0.484. The highest BCUT2D eigenvalue weighted by atomic mass is 35.5. The van der Waals surface area contributed by atoms with Crippen molar-refractivity contribution in [3.8, 4) is 0 Å². The van der Waals surface area contributed by atoms with Gasteiger partial charge in [-0.1, -0.05) is 6.92 Å². The molecule has 0 bridgehead atoms. The second-order valence-electron chi connectivity index (χ2n) is 2.47. The zero-order valence-electron chi connectivity index (χ0n) is 6.80. The van der Waals surface area contributed by atoms with Crippen LogP contribution in [0.3, 0.4) is 0 Å². The Morgan fingerprint density at radius 3 is 2.64 bits per heavy atom. The minimum Gasteiger partial charge on any atom is -0.391 e. The Bertz CT molecular complexity index is 130. The lowest BCUT2D eigenvalue weighted by molar-refractivity contribution is -0.120. The molecule has 66 valence electrons. The smallest absolute Gasteiger partial charge is 0.235 e. The third-order valence-electron chi connectivity index (χ3n) is 1.51. The van der Waals surface area contributed by atoms with Crippen molar-refractivity contribution in [3.05, 3.63) is 0 Å². The van der Waals surface area contributed by atoms with Crippen molar-refractivity contribution < 1.29 is 9.90 Å². The molecule has 0 saturated carbocycles. The first kappa shape index (κ1) is 10.7. The lowest BCUT2D eigenvalue weighted by atomic mass is 10.1. The molecule has 0 aromatic carbocycles. The monoisotopic (exact) mass is 179 g/mol. The number of nitrogens with one attached hydrogen (secondary N) is 1. The van der Waals surface area contributed by atoms with E-state index >= 15 is 0 Å². The number of carbonyl (C=O) groups excluding carboxylic acids is 1. The zero-order valence-corrected chi connectivity index (χ0v) is 7.56. The Morgan fingerprint density at radius 1 is 1.73 bits per heavy atom. The number of halogens is 1. The normalized spacial score (nSPS) is 15.6. The van der Waals surface area contributed by atoms with Crippen molar-refractivity contribution in [1.82, 2.24) is 5.32 Å². The van der Waals surface area contributed by atoms with Gasteiger partial charge >= 0.3 is 0 Å². The van der Waals surface area contributed by atoms with Gasteiger partial charge in [0.15, 0.2) is 0 Å². The zero-order chi connectivity index (χ0) is 8.85. The standard InChI is InChI=1S/C7H14ClNO2/c1-3-6(10)5(2)9-7(11)4-8/h5-6,10H,3-4H2,1-2H3,(H,9,11). The van der Waals surface area contributed by atoms with Crippen molar-refractivity contribution in [3.63, 3.8) is 0 Å². The fraction of sp³-hybridized carbons (Fsp3) is 0.857. The maximum Gasteiger partial charge on any atom is 0.235 e. The molecule has 11 heavy (non-hydrogen) atoms. The van der Waals surface area contributed by atoms with E-state index in [1.165, 1.54) is 0 Å². The van der Waals surface area contributed by atoms with Gasteiger partial charge in [0, 0.05) is 0 Å². The van der Waals surface area contributed by atoms with Crippen molar-refractivity contribution in [1.29, 1.82) is 0 Å². The van der Waals surface area contributed by atoms with Crippen molar-refractivity contribution in [2.75, 3.05) is 5.88 Å². The summed E-state index contributed by atoms with van der Waals surface area (Å²) in [4.78, 5) is 10.7. The molecule has 0 radical (unpaired) electrons. The van der Waals surface area contributed by atoms with E-state index < -0.39 is 6.10 Å². The summed E-state index contributed by atoms with van der Waals surface area (Å²) in [5, 5.41) is 11.8. The molecule has 2 N–H and O–H groups in total. The van der Waals surface area contributed by atoms with Gasteiger partial charge in [0.2, 0.25) is 5.91 Å². The maximum absolute atomic E-state index is 10.7. The summed E-state index contributed by atoms with van der Waals surface area (Å²) in [7, 11) is 0. The van der Waals surface area contributed by atoms with Crippen LogP contribution in [0.15, 0.2) is 0 Å². The second kappa shape index (κ2) is 5.38. The largest absolute Gasteiger partial charge is 0.391 e. The molecular weight excluding hydrogens is 166 g/mol. The molecular formula is C7H14ClNO2. The van der Waals surface area contributed by atoms with Crippen LogP contribution in [0.1, 0.15) is 20.3 Å². The first-order chi connectivity index (χ1) is 5.11. The molecule has 1 amide bonds. The average Bonchev–Trinajstić information content (AvgIpc) is 2.02. The van der Waals surface area contributed by atoms with E-state index in [2.05, 4.69) is 5.32 Å². The van der Waals surface area contributed by atoms with Gasteiger partial charge in [-0.05, 0) is 13.3 Å². The first-order valence-electron chi connectivity index (χ1n) is 3.65. The fourth-order valence-electron chi connectivity index (χ4n) is 0.742. The molecule has 0 rings (SSSR count). The summed E-state index contributed by atoms with van der Waals surface area (Å²) in [6.45, 7) is 3.60. The van der Waals surface area contributed by atoms with Crippen LogP contribution in [0.5, 0.6) is 0 Å². The molecule has 0 fully saturated rings. The van der Waals surface area contributed by atoms with Crippen LogP contribution in [0.4, 0.5) is 0 Å². The lowest BCUT2D eigenvalue weighted by Crippen LogP contribution is -2.41. The number of rotatable bonds is 4. The topological polar surface area (TPSA) is 49.3 Å². The minimum absolute atomic E-state index is 0.0548. The number of aliphatic hydroxyl groups excluding tert-OH is 1. The summed E-state index contributed by atoms with van der Waals surface area (Å²) in [6.07, 6.45) is 0.145. The van der Waals surface area contributed by atoms with E-state index in [0.29, 0.717) is 6.42 Å². The van der Waals surface area contributed by atoms with E-state index in [4.69, 9.17) is 11.6 Å². The van der Waals surface area contributed by atoms with Crippen molar-refractivity contribution in [2.24, 2.45) is 0 Å². The number of amides is 1. The molecule has 0 aliphatic carbocycles. The lowest BCUT2D eigenvalue weighted by Gasteiger charge is -2.17. The number of carbonyl (C=O) groups is 1. The predicted octanol–water partition coefficient (Wildman–Crippen LogP) is 0.501. The molecule has 2 unspecified atom stereocenters. The molecule has 0 aliphatic heterocycles. The molecule has 0 aromatic rings. The number of alkyl halides is 1. The summed E-state index contributed by atoms with van der Waals surface area (Å²) in [5.74, 6) is -0.299. The van der Waals surface area contributed by atoms with Crippen molar-refractivity contribution in [2.45, 2.75) is 32.4 Å². The van der Waals surface area contributed by atoms with Crippen LogP contribution in [0.25, 0.3) is 0 Å². The molecule has 0 saturated heterocycles. The van der Waals surface area contributed by atoms with Crippen LogP contribution in [-0.4, -0.2) is 29.0 Å². The van der Waals surface area contributed by atoms with Gasteiger partial charge in [-0.25, -0.2) is 0 Å². The molecule has 3 nitrogen and oxygen atoms in total. The van der Waals surface area contributed by atoms with Gasteiger partial charge in [0.1, 0.15) is 5.88 Å². The van der Waals surface area contributed by atoms with Crippen LogP contribution in [0.2, 0.25) is 0 Å². The number of hydrogen-bond donors (Lipinski definition) is 2. The van der Waals surface area contributed by atoms with Crippen LogP contribution in [-0.2, 0) is 4.79 Å². The predicted molar refractivity (Wildman–Crippen MR) is 44.6 cm³/mol. The molecule has 2 atom stereocenters. The highest BCUT2D eigenvalue weighted by Gasteiger charge is 2.13. The molecule has 0 spiro atoms. The van der Waals surface area contributed by atoms with Gasteiger partial charge in [-0.3, -0.25) is 4.79 Å². The number of hydrogen-bond acceptors (Lipinski definition) is 2. The summed E-state index contributed by atoms with van der Waals surface area (Å²) >= 11 is 5.25. The quantitative estimate of drug-likeness (QED) is 0.618.